The molecule has 4 nitrogen and oxygen atoms in total. The molecular formula is C10H23ClN2O2S. The molecule has 0 bridgehead atoms. The van der Waals surface area contributed by atoms with Gasteiger partial charge in [-0.2, -0.15) is 0 Å². The molecule has 0 aromatic carbocycles. The van der Waals surface area contributed by atoms with Crippen LogP contribution >= 0.6 is 12.4 Å². The van der Waals surface area contributed by atoms with Crippen LogP contribution in [0.5, 0.6) is 0 Å². The molecule has 0 aromatic rings. The van der Waals surface area contributed by atoms with E-state index in [1.807, 2.05) is 6.92 Å². The zero-order valence-electron chi connectivity index (χ0n) is 9.87. The Hall–Kier alpha value is 0.160. The third kappa shape index (κ3) is 5.48. The lowest BCUT2D eigenvalue weighted by molar-refractivity contribution is 0.241. The highest BCUT2D eigenvalue weighted by Crippen LogP contribution is 2.27. The molecule has 16 heavy (non-hydrogen) atoms. The number of nitrogens with two attached hydrogens (primary N) is 1. The summed E-state index contributed by atoms with van der Waals surface area (Å²) in [6.45, 7) is 3.16. The Morgan fingerprint density at radius 1 is 1.31 bits per heavy atom. The van der Waals surface area contributed by atoms with Crippen molar-refractivity contribution < 1.29 is 8.42 Å². The minimum absolute atomic E-state index is 0. The molecule has 0 atom stereocenters. The maximum atomic E-state index is 11.4. The summed E-state index contributed by atoms with van der Waals surface area (Å²) in [4.78, 5) is 0. The van der Waals surface area contributed by atoms with Gasteiger partial charge in [-0.25, -0.2) is 8.42 Å². The molecule has 1 rings (SSSR count). The number of nitrogens with one attached hydrogen (secondary N) is 1. The third-order valence-corrected chi connectivity index (χ3v) is 4.79. The van der Waals surface area contributed by atoms with Gasteiger partial charge in [-0.15, -0.1) is 12.4 Å². The molecular weight excluding hydrogens is 248 g/mol. The highest BCUT2D eigenvalue weighted by Gasteiger charge is 2.31. The van der Waals surface area contributed by atoms with E-state index in [-0.39, 0.29) is 23.7 Å². The Morgan fingerprint density at radius 2 is 1.94 bits per heavy atom. The summed E-state index contributed by atoms with van der Waals surface area (Å²) in [5.74, 6) is 0.527. The maximum Gasteiger partial charge on any atom is 0.151 e. The van der Waals surface area contributed by atoms with Crippen molar-refractivity contribution in [1.29, 1.82) is 0 Å². The van der Waals surface area contributed by atoms with E-state index in [4.69, 9.17) is 5.73 Å². The van der Waals surface area contributed by atoms with Crippen molar-refractivity contribution in [3.8, 4) is 0 Å². The van der Waals surface area contributed by atoms with Gasteiger partial charge >= 0.3 is 0 Å². The fourth-order valence-electron chi connectivity index (χ4n) is 1.79. The van der Waals surface area contributed by atoms with Gasteiger partial charge in [-0.05, 0) is 25.7 Å². The molecule has 0 amide bonds. The Balaban J connectivity index is 0.00000225. The first-order chi connectivity index (χ1) is 6.97. The van der Waals surface area contributed by atoms with Gasteiger partial charge in [0.1, 0.15) is 0 Å². The van der Waals surface area contributed by atoms with Gasteiger partial charge < -0.3 is 11.1 Å². The van der Waals surface area contributed by atoms with E-state index < -0.39 is 9.84 Å². The average molecular weight is 271 g/mol. The van der Waals surface area contributed by atoms with Crippen LogP contribution in [0.3, 0.4) is 0 Å². The van der Waals surface area contributed by atoms with E-state index in [1.165, 1.54) is 6.42 Å². The topological polar surface area (TPSA) is 72.2 Å². The van der Waals surface area contributed by atoms with Gasteiger partial charge in [0.25, 0.3) is 0 Å². The number of hydrogen-bond acceptors (Lipinski definition) is 4. The highest BCUT2D eigenvalue weighted by atomic mass is 35.5. The molecule has 0 saturated heterocycles. The summed E-state index contributed by atoms with van der Waals surface area (Å²) in [5, 5.41) is 3.14. The molecule has 0 aliphatic heterocycles. The van der Waals surface area contributed by atoms with Crippen LogP contribution in [0.4, 0.5) is 0 Å². The zero-order chi connectivity index (χ0) is 11.4. The van der Waals surface area contributed by atoms with Crippen molar-refractivity contribution in [2.45, 2.75) is 38.1 Å². The van der Waals surface area contributed by atoms with E-state index in [1.54, 1.807) is 0 Å². The monoisotopic (exact) mass is 270 g/mol. The van der Waals surface area contributed by atoms with Crippen LogP contribution in [0.15, 0.2) is 0 Å². The van der Waals surface area contributed by atoms with Crippen LogP contribution in [0, 0.1) is 0 Å². The summed E-state index contributed by atoms with van der Waals surface area (Å²) in [7, 11) is -2.84. The van der Waals surface area contributed by atoms with Crippen molar-refractivity contribution in [2.24, 2.45) is 5.73 Å². The predicted octanol–water partition coefficient (Wildman–Crippen LogP) is 0.704. The second-order valence-electron chi connectivity index (χ2n) is 4.54. The van der Waals surface area contributed by atoms with E-state index in [0.717, 1.165) is 19.4 Å². The van der Waals surface area contributed by atoms with Crippen LogP contribution in [0.25, 0.3) is 0 Å². The molecule has 0 spiro atoms. The molecule has 98 valence electrons. The van der Waals surface area contributed by atoms with Gasteiger partial charge in [0.05, 0.1) is 5.75 Å². The molecule has 0 unspecified atom stereocenters. The molecule has 1 fully saturated rings. The van der Waals surface area contributed by atoms with Crippen molar-refractivity contribution >= 4 is 22.2 Å². The van der Waals surface area contributed by atoms with E-state index in [2.05, 4.69) is 5.32 Å². The minimum Gasteiger partial charge on any atom is -0.324 e. The molecule has 0 aromatic heterocycles. The molecule has 1 saturated carbocycles. The summed E-state index contributed by atoms with van der Waals surface area (Å²) in [5.41, 5.74) is 5.94. The quantitative estimate of drug-likeness (QED) is 0.668. The first kappa shape index (κ1) is 16.2. The van der Waals surface area contributed by atoms with E-state index >= 15 is 0 Å². The highest BCUT2D eigenvalue weighted by molar-refractivity contribution is 7.91. The van der Waals surface area contributed by atoms with Gasteiger partial charge in [-0.3, -0.25) is 0 Å². The fourth-order valence-corrected chi connectivity index (χ4v) is 3.07. The lowest BCUT2D eigenvalue weighted by atomic mass is 9.78. The van der Waals surface area contributed by atoms with Crippen LogP contribution in [0.1, 0.15) is 32.6 Å². The maximum absolute atomic E-state index is 11.4. The summed E-state index contributed by atoms with van der Waals surface area (Å²) >= 11 is 0. The summed E-state index contributed by atoms with van der Waals surface area (Å²) < 4.78 is 22.7. The van der Waals surface area contributed by atoms with Crippen molar-refractivity contribution in [1.82, 2.24) is 5.32 Å². The fraction of sp³-hybridized carbons (Fsp3) is 1.00. The van der Waals surface area contributed by atoms with Gasteiger partial charge in [0, 0.05) is 24.4 Å². The second-order valence-corrected chi connectivity index (χ2v) is 6.85. The van der Waals surface area contributed by atoms with Crippen molar-refractivity contribution in [3.05, 3.63) is 0 Å². The molecule has 3 N–H and O–H groups in total. The Kier molecular flexibility index (Phi) is 6.86. The smallest absolute Gasteiger partial charge is 0.151 e. The molecule has 1 aliphatic rings. The molecule has 0 radical (unpaired) electrons. The van der Waals surface area contributed by atoms with Crippen LogP contribution < -0.4 is 11.1 Å². The summed E-state index contributed by atoms with van der Waals surface area (Å²) in [6.07, 6.45) is 4.01. The predicted molar refractivity (Wildman–Crippen MR) is 69.8 cm³/mol. The number of rotatable bonds is 7. The third-order valence-electron chi connectivity index (χ3n) is 2.93. The molecule has 1 aliphatic carbocycles. The van der Waals surface area contributed by atoms with Crippen molar-refractivity contribution in [2.75, 3.05) is 24.6 Å². The Morgan fingerprint density at radius 3 is 2.38 bits per heavy atom. The lowest BCUT2D eigenvalue weighted by Crippen LogP contribution is -2.54. The second kappa shape index (κ2) is 6.79. The molecule has 0 heterocycles. The van der Waals surface area contributed by atoms with Gasteiger partial charge in [0.15, 0.2) is 9.84 Å². The number of halogens is 1. The largest absolute Gasteiger partial charge is 0.324 e. The zero-order valence-corrected chi connectivity index (χ0v) is 11.5. The lowest BCUT2D eigenvalue weighted by Gasteiger charge is -2.38. The van der Waals surface area contributed by atoms with Gasteiger partial charge in [-0.1, -0.05) is 6.92 Å². The number of hydrogen-bond donors (Lipinski definition) is 2. The Labute approximate surface area is 105 Å². The molecule has 6 heteroatoms. The minimum atomic E-state index is -2.84. The van der Waals surface area contributed by atoms with E-state index in [0.29, 0.717) is 18.7 Å². The normalized spacial score (nSPS) is 18.6. The Bertz CT molecular complexity index is 289. The van der Waals surface area contributed by atoms with E-state index in [9.17, 15) is 8.42 Å². The first-order valence-electron chi connectivity index (χ1n) is 5.67. The standard InChI is InChI=1S/C10H22N2O2S.ClH/c1-2-7-15(13,14)8-6-12-9-10(11)4-3-5-10;/h12H,2-9,11H2,1H3;1H. The average Bonchev–Trinajstić information content (AvgIpc) is 2.09. The van der Waals surface area contributed by atoms with Crippen LogP contribution in [-0.4, -0.2) is 38.6 Å². The SMILES string of the molecule is CCCS(=O)(=O)CCNCC1(N)CCC1.Cl. The summed E-state index contributed by atoms with van der Waals surface area (Å²) in [6, 6.07) is 0. The van der Waals surface area contributed by atoms with Gasteiger partial charge in [0.2, 0.25) is 0 Å². The number of sulfone groups is 1. The van der Waals surface area contributed by atoms with Crippen molar-refractivity contribution in [3.63, 3.8) is 0 Å². The van der Waals surface area contributed by atoms with Crippen LogP contribution in [0.2, 0.25) is 0 Å². The first-order valence-corrected chi connectivity index (χ1v) is 7.50. The van der Waals surface area contributed by atoms with Crippen LogP contribution in [-0.2, 0) is 9.84 Å².